The molecule has 18 heavy (non-hydrogen) atoms. The van der Waals surface area contributed by atoms with Gasteiger partial charge in [-0.3, -0.25) is 9.48 Å². The second-order valence-electron chi connectivity index (χ2n) is 3.80. The van der Waals surface area contributed by atoms with E-state index in [1.54, 1.807) is 19.3 Å². The van der Waals surface area contributed by atoms with Gasteiger partial charge in [0.15, 0.2) is 17.8 Å². The van der Waals surface area contributed by atoms with E-state index in [1.807, 2.05) is 0 Å². The first-order chi connectivity index (χ1) is 8.58. The van der Waals surface area contributed by atoms with E-state index in [9.17, 15) is 9.90 Å². The molecule has 1 aromatic heterocycles. The third kappa shape index (κ3) is 1.77. The van der Waals surface area contributed by atoms with Crippen molar-refractivity contribution in [1.29, 1.82) is 0 Å². The standard InChI is InChI=1S/C12H13N3O3/c1-15-12(13)9(5-14-15)8-4-11(18-2)10(17)3-7(8)6-16/h3-6,17H,13H2,1-2H3. The highest BCUT2D eigenvalue weighted by atomic mass is 16.5. The summed E-state index contributed by atoms with van der Waals surface area (Å²) in [5.74, 6) is 0.621. The summed E-state index contributed by atoms with van der Waals surface area (Å²) in [6, 6.07) is 2.90. The Labute approximate surface area is 104 Å². The number of aromatic nitrogens is 2. The van der Waals surface area contributed by atoms with Gasteiger partial charge in [0.1, 0.15) is 5.82 Å². The number of rotatable bonds is 3. The molecule has 2 aromatic rings. The van der Waals surface area contributed by atoms with Crippen molar-refractivity contribution in [2.24, 2.45) is 7.05 Å². The van der Waals surface area contributed by atoms with Crippen molar-refractivity contribution in [3.05, 3.63) is 23.9 Å². The Kier molecular flexibility index (Phi) is 2.93. The Hall–Kier alpha value is -2.50. The minimum absolute atomic E-state index is 0.0918. The highest BCUT2D eigenvalue weighted by molar-refractivity contribution is 5.91. The van der Waals surface area contributed by atoms with Gasteiger partial charge in [-0.2, -0.15) is 5.10 Å². The number of aldehydes is 1. The van der Waals surface area contributed by atoms with Crippen molar-refractivity contribution >= 4 is 12.1 Å². The number of nitrogens with zero attached hydrogens (tertiary/aromatic N) is 2. The predicted octanol–water partition coefficient (Wildman–Crippen LogP) is 1.20. The Morgan fingerprint density at radius 3 is 2.67 bits per heavy atom. The van der Waals surface area contributed by atoms with Crippen LogP contribution in [0.15, 0.2) is 18.3 Å². The summed E-state index contributed by atoms with van der Waals surface area (Å²) in [6.07, 6.45) is 2.22. The van der Waals surface area contributed by atoms with Crippen molar-refractivity contribution in [3.8, 4) is 22.6 Å². The first-order valence-corrected chi connectivity index (χ1v) is 5.22. The molecule has 0 fully saturated rings. The third-order valence-corrected chi connectivity index (χ3v) is 2.75. The van der Waals surface area contributed by atoms with Crippen molar-refractivity contribution < 1.29 is 14.6 Å². The van der Waals surface area contributed by atoms with Gasteiger partial charge in [0.2, 0.25) is 0 Å². The van der Waals surface area contributed by atoms with Crippen LogP contribution in [0.4, 0.5) is 5.82 Å². The Balaban J connectivity index is 2.69. The molecule has 0 saturated carbocycles. The van der Waals surface area contributed by atoms with Crippen molar-refractivity contribution in [1.82, 2.24) is 9.78 Å². The smallest absolute Gasteiger partial charge is 0.161 e. The minimum atomic E-state index is -0.0918. The number of aryl methyl sites for hydroxylation is 1. The molecule has 3 N–H and O–H groups in total. The molecule has 0 aliphatic rings. The first kappa shape index (κ1) is 12.0. The van der Waals surface area contributed by atoms with E-state index in [2.05, 4.69) is 5.10 Å². The Morgan fingerprint density at radius 2 is 2.17 bits per heavy atom. The molecule has 0 bridgehead atoms. The molecule has 6 heteroatoms. The van der Waals surface area contributed by atoms with E-state index in [0.29, 0.717) is 28.8 Å². The second-order valence-corrected chi connectivity index (χ2v) is 3.80. The van der Waals surface area contributed by atoms with E-state index < -0.39 is 0 Å². The highest BCUT2D eigenvalue weighted by Crippen LogP contribution is 2.36. The number of nitrogens with two attached hydrogens (primary N) is 1. The maximum absolute atomic E-state index is 11.1. The third-order valence-electron chi connectivity index (χ3n) is 2.75. The fraction of sp³-hybridized carbons (Fsp3) is 0.167. The number of nitrogen functional groups attached to an aromatic ring is 1. The Bertz CT molecular complexity index is 605. The van der Waals surface area contributed by atoms with Gasteiger partial charge in [0.25, 0.3) is 0 Å². The van der Waals surface area contributed by atoms with Crippen molar-refractivity contribution in [2.45, 2.75) is 0 Å². The average Bonchev–Trinajstić information content (AvgIpc) is 2.70. The van der Waals surface area contributed by atoms with E-state index in [0.717, 1.165) is 0 Å². The van der Waals surface area contributed by atoms with Gasteiger partial charge in [-0.25, -0.2) is 0 Å². The number of phenolic OH excluding ortho intramolecular Hbond substituents is 1. The van der Waals surface area contributed by atoms with Crippen LogP contribution in [-0.4, -0.2) is 28.3 Å². The highest BCUT2D eigenvalue weighted by Gasteiger charge is 2.15. The molecule has 0 unspecified atom stereocenters. The molecule has 1 aromatic carbocycles. The summed E-state index contributed by atoms with van der Waals surface area (Å²) in [7, 11) is 3.14. The van der Waals surface area contributed by atoms with Crippen LogP contribution in [0.1, 0.15) is 10.4 Å². The van der Waals surface area contributed by atoms with Gasteiger partial charge < -0.3 is 15.6 Å². The van der Waals surface area contributed by atoms with Gasteiger partial charge in [-0.15, -0.1) is 0 Å². The van der Waals surface area contributed by atoms with Crippen LogP contribution in [0, 0.1) is 0 Å². The zero-order valence-electron chi connectivity index (χ0n) is 10.0. The number of aromatic hydroxyl groups is 1. The summed E-state index contributed by atoms with van der Waals surface area (Å²) in [5.41, 5.74) is 7.39. The van der Waals surface area contributed by atoms with E-state index in [4.69, 9.17) is 10.5 Å². The van der Waals surface area contributed by atoms with Gasteiger partial charge >= 0.3 is 0 Å². The molecule has 0 saturated heterocycles. The van der Waals surface area contributed by atoms with Gasteiger partial charge in [-0.05, 0) is 12.1 Å². The van der Waals surface area contributed by atoms with Crippen LogP contribution in [0.5, 0.6) is 11.5 Å². The fourth-order valence-electron chi connectivity index (χ4n) is 1.73. The number of benzene rings is 1. The fourth-order valence-corrected chi connectivity index (χ4v) is 1.73. The lowest BCUT2D eigenvalue weighted by Gasteiger charge is -2.09. The number of hydrogen-bond donors (Lipinski definition) is 2. The molecule has 0 amide bonds. The molecular weight excluding hydrogens is 234 g/mol. The monoisotopic (exact) mass is 247 g/mol. The van der Waals surface area contributed by atoms with E-state index in [-0.39, 0.29) is 11.5 Å². The summed E-state index contributed by atoms with van der Waals surface area (Å²) in [4.78, 5) is 11.1. The SMILES string of the molecule is COc1cc(-c2cnn(C)c2N)c(C=O)cc1O. The summed E-state index contributed by atoms with van der Waals surface area (Å²) >= 11 is 0. The molecule has 0 atom stereocenters. The molecule has 0 radical (unpaired) electrons. The zero-order chi connectivity index (χ0) is 13.3. The quantitative estimate of drug-likeness (QED) is 0.795. The number of ether oxygens (including phenoxy) is 1. The van der Waals surface area contributed by atoms with Crippen LogP contribution < -0.4 is 10.5 Å². The molecule has 0 aliphatic carbocycles. The maximum atomic E-state index is 11.1. The van der Waals surface area contributed by atoms with Crippen LogP contribution in [-0.2, 0) is 7.05 Å². The summed E-state index contributed by atoms with van der Waals surface area (Å²) in [5, 5.41) is 13.7. The molecule has 1 heterocycles. The van der Waals surface area contributed by atoms with Crippen LogP contribution in [0.3, 0.4) is 0 Å². The summed E-state index contributed by atoms with van der Waals surface area (Å²) < 4.78 is 6.52. The summed E-state index contributed by atoms with van der Waals surface area (Å²) in [6.45, 7) is 0. The molecule has 94 valence electrons. The van der Waals surface area contributed by atoms with Gasteiger partial charge in [0, 0.05) is 23.7 Å². The van der Waals surface area contributed by atoms with Crippen molar-refractivity contribution in [3.63, 3.8) is 0 Å². The number of carbonyl (C=O) groups is 1. The lowest BCUT2D eigenvalue weighted by molar-refractivity contribution is 0.112. The number of phenols is 1. The molecule has 2 rings (SSSR count). The lowest BCUT2D eigenvalue weighted by atomic mass is 10.0. The predicted molar refractivity (Wildman–Crippen MR) is 66.7 cm³/mol. The Morgan fingerprint density at radius 1 is 1.44 bits per heavy atom. The van der Waals surface area contributed by atoms with E-state index in [1.165, 1.54) is 17.9 Å². The second kappa shape index (κ2) is 4.40. The lowest BCUT2D eigenvalue weighted by Crippen LogP contribution is -1.99. The normalized spacial score (nSPS) is 10.3. The van der Waals surface area contributed by atoms with E-state index >= 15 is 0 Å². The largest absolute Gasteiger partial charge is 0.504 e. The van der Waals surface area contributed by atoms with Gasteiger partial charge in [0.05, 0.1) is 13.3 Å². The zero-order valence-corrected chi connectivity index (χ0v) is 10.0. The first-order valence-electron chi connectivity index (χ1n) is 5.22. The number of methoxy groups -OCH3 is 1. The number of hydrogen-bond acceptors (Lipinski definition) is 5. The topological polar surface area (TPSA) is 90.4 Å². The molecule has 0 aliphatic heterocycles. The maximum Gasteiger partial charge on any atom is 0.161 e. The van der Waals surface area contributed by atoms with Crippen molar-refractivity contribution in [2.75, 3.05) is 12.8 Å². The number of carbonyl (C=O) groups excluding carboxylic acids is 1. The van der Waals surface area contributed by atoms with Crippen LogP contribution in [0.25, 0.3) is 11.1 Å². The van der Waals surface area contributed by atoms with Crippen LogP contribution >= 0.6 is 0 Å². The minimum Gasteiger partial charge on any atom is -0.504 e. The van der Waals surface area contributed by atoms with Gasteiger partial charge in [-0.1, -0.05) is 0 Å². The molecular formula is C12H13N3O3. The average molecular weight is 247 g/mol. The van der Waals surface area contributed by atoms with Crippen LogP contribution in [0.2, 0.25) is 0 Å². The molecule has 0 spiro atoms. The number of anilines is 1. The molecule has 6 nitrogen and oxygen atoms in total.